The molecule has 4 nitrogen and oxygen atoms in total. The number of halogens is 4. The molecular weight excluding hydrogens is 345 g/mol. The summed E-state index contributed by atoms with van der Waals surface area (Å²) in [5.74, 6) is 0.581. The lowest BCUT2D eigenvalue weighted by Gasteiger charge is -2.08. The quantitative estimate of drug-likeness (QED) is 0.675. The van der Waals surface area contributed by atoms with Gasteiger partial charge in [0.2, 0.25) is 0 Å². The summed E-state index contributed by atoms with van der Waals surface area (Å²) in [6, 6.07) is 11.7. The Morgan fingerprint density at radius 3 is 2.25 bits per heavy atom. The van der Waals surface area contributed by atoms with Crippen LogP contribution in [0.3, 0.4) is 0 Å². The molecule has 0 saturated carbocycles. The van der Waals surface area contributed by atoms with Gasteiger partial charge in [-0.25, -0.2) is 0 Å². The third kappa shape index (κ3) is 3.46. The molecule has 24 heavy (non-hydrogen) atoms. The largest absolute Gasteiger partial charge is 0.507 e. The molecule has 0 bridgehead atoms. The maximum absolute atomic E-state index is 12.6. The average Bonchev–Trinajstić information content (AvgIpc) is 2.99. The molecular formula is C16H10ClF3N2O2. The monoisotopic (exact) mass is 354 g/mol. The highest BCUT2D eigenvalue weighted by atomic mass is 35.5. The van der Waals surface area contributed by atoms with Crippen LogP contribution in [0, 0.1) is 0 Å². The van der Waals surface area contributed by atoms with Crippen LogP contribution in [0.4, 0.5) is 13.2 Å². The van der Waals surface area contributed by atoms with Crippen molar-refractivity contribution in [3.05, 3.63) is 59.2 Å². The smallest absolute Gasteiger partial charge is 0.432 e. The molecule has 8 heteroatoms. The van der Waals surface area contributed by atoms with Crippen LogP contribution in [0.1, 0.15) is 5.69 Å². The minimum atomic E-state index is -4.53. The first kappa shape index (κ1) is 16.2. The number of hydrogen-bond donors (Lipinski definition) is 2. The zero-order chi connectivity index (χ0) is 17.3. The first-order valence-corrected chi connectivity index (χ1v) is 7.10. The summed E-state index contributed by atoms with van der Waals surface area (Å²) < 4.78 is 43.3. The summed E-state index contributed by atoms with van der Waals surface area (Å²) in [4.78, 5) is 0. The summed E-state index contributed by atoms with van der Waals surface area (Å²) in [7, 11) is 0. The summed E-state index contributed by atoms with van der Waals surface area (Å²) in [6.45, 7) is 0. The summed E-state index contributed by atoms with van der Waals surface area (Å²) in [5, 5.41) is 16.1. The minimum Gasteiger partial charge on any atom is -0.507 e. The summed E-state index contributed by atoms with van der Waals surface area (Å²) in [5.41, 5.74) is -0.846. The van der Waals surface area contributed by atoms with E-state index in [9.17, 15) is 18.3 Å². The Labute approximate surface area is 139 Å². The van der Waals surface area contributed by atoms with Gasteiger partial charge in [0.1, 0.15) is 22.9 Å². The number of hydrogen-bond acceptors (Lipinski definition) is 3. The number of phenols is 1. The number of aromatic hydroxyl groups is 1. The van der Waals surface area contributed by atoms with Gasteiger partial charge in [0.25, 0.3) is 0 Å². The van der Waals surface area contributed by atoms with Crippen LogP contribution in [0.25, 0.3) is 11.3 Å². The van der Waals surface area contributed by atoms with Gasteiger partial charge in [-0.3, -0.25) is 5.10 Å². The summed E-state index contributed by atoms with van der Waals surface area (Å²) in [6.07, 6.45) is -4.53. The molecule has 0 radical (unpaired) electrons. The number of alkyl halides is 3. The Balaban J connectivity index is 1.84. The van der Waals surface area contributed by atoms with Crippen molar-refractivity contribution in [2.24, 2.45) is 0 Å². The maximum atomic E-state index is 12.6. The van der Waals surface area contributed by atoms with E-state index in [0.717, 1.165) is 6.07 Å². The van der Waals surface area contributed by atoms with Gasteiger partial charge in [0.05, 0.1) is 5.69 Å². The van der Waals surface area contributed by atoms with Crippen LogP contribution in [0.2, 0.25) is 5.02 Å². The number of nitrogens with zero attached hydrogens (tertiary/aromatic N) is 1. The van der Waals surface area contributed by atoms with Crippen LogP contribution >= 0.6 is 11.6 Å². The number of benzene rings is 2. The second-order valence-electron chi connectivity index (χ2n) is 4.90. The second-order valence-corrected chi connectivity index (χ2v) is 5.34. The van der Waals surface area contributed by atoms with E-state index in [1.54, 1.807) is 24.3 Å². The van der Waals surface area contributed by atoms with Crippen LogP contribution in [-0.2, 0) is 6.18 Å². The normalized spacial score (nSPS) is 11.5. The molecule has 2 aromatic carbocycles. The van der Waals surface area contributed by atoms with Gasteiger partial charge in [-0.1, -0.05) is 11.6 Å². The lowest BCUT2D eigenvalue weighted by Crippen LogP contribution is -2.04. The highest BCUT2D eigenvalue weighted by molar-refractivity contribution is 6.30. The molecule has 3 rings (SSSR count). The average molecular weight is 355 g/mol. The highest BCUT2D eigenvalue weighted by Crippen LogP contribution is 2.36. The van der Waals surface area contributed by atoms with Crippen LogP contribution in [0.15, 0.2) is 48.5 Å². The van der Waals surface area contributed by atoms with Crippen LogP contribution in [0.5, 0.6) is 17.2 Å². The van der Waals surface area contributed by atoms with E-state index >= 15 is 0 Å². The van der Waals surface area contributed by atoms with E-state index in [-0.39, 0.29) is 17.0 Å². The van der Waals surface area contributed by atoms with E-state index in [2.05, 4.69) is 5.10 Å². The molecule has 124 valence electrons. The van der Waals surface area contributed by atoms with Crippen molar-refractivity contribution in [1.29, 1.82) is 0 Å². The second kappa shape index (κ2) is 6.09. The van der Waals surface area contributed by atoms with E-state index in [1.165, 1.54) is 18.2 Å². The molecule has 1 aromatic heterocycles. The van der Waals surface area contributed by atoms with E-state index in [4.69, 9.17) is 16.3 Å². The molecule has 2 N–H and O–H groups in total. The van der Waals surface area contributed by atoms with Gasteiger partial charge < -0.3 is 9.84 Å². The fourth-order valence-corrected chi connectivity index (χ4v) is 2.16. The molecule has 3 aromatic rings. The van der Waals surface area contributed by atoms with E-state index in [1.807, 2.05) is 5.10 Å². The fraction of sp³-hybridized carbons (Fsp3) is 0.0625. The molecule has 0 fully saturated rings. The SMILES string of the molecule is Oc1cc(Oc2ccc(Cl)cc2)ccc1-c1cc(C(F)(F)F)[nH]n1. The van der Waals surface area contributed by atoms with Crippen molar-refractivity contribution in [3.8, 4) is 28.5 Å². The van der Waals surface area contributed by atoms with Crippen LogP contribution in [-0.4, -0.2) is 15.3 Å². The number of ether oxygens (including phenoxy) is 1. The minimum absolute atomic E-state index is 0.0159. The lowest BCUT2D eigenvalue weighted by molar-refractivity contribution is -0.141. The standard InChI is InChI=1S/C16H10ClF3N2O2/c17-9-1-3-10(4-2-9)24-11-5-6-12(14(23)7-11)13-8-15(22-21-13)16(18,19)20/h1-8,23H,(H,21,22). The zero-order valence-corrected chi connectivity index (χ0v) is 12.7. The predicted molar refractivity (Wildman–Crippen MR) is 82.2 cm³/mol. The first-order chi connectivity index (χ1) is 11.3. The van der Waals surface area contributed by atoms with Crippen molar-refractivity contribution >= 4 is 11.6 Å². The third-order valence-corrected chi connectivity index (χ3v) is 3.43. The van der Waals surface area contributed by atoms with Gasteiger partial charge in [0, 0.05) is 16.7 Å². The topological polar surface area (TPSA) is 58.1 Å². The van der Waals surface area contributed by atoms with Crippen LogP contribution < -0.4 is 4.74 Å². The van der Waals surface area contributed by atoms with Crippen molar-refractivity contribution in [2.75, 3.05) is 0 Å². The predicted octanol–water partition coefficient (Wildman–Crippen LogP) is 5.25. The third-order valence-electron chi connectivity index (χ3n) is 3.18. The Morgan fingerprint density at radius 1 is 1.00 bits per heavy atom. The van der Waals surface area contributed by atoms with E-state index < -0.39 is 11.9 Å². The Hall–Kier alpha value is -2.67. The van der Waals surface area contributed by atoms with Crippen molar-refractivity contribution in [3.63, 3.8) is 0 Å². The Kier molecular flexibility index (Phi) is 4.11. The fourth-order valence-electron chi connectivity index (χ4n) is 2.04. The first-order valence-electron chi connectivity index (χ1n) is 6.72. The summed E-state index contributed by atoms with van der Waals surface area (Å²) >= 11 is 5.78. The lowest BCUT2D eigenvalue weighted by atomic mass is 10.1. The van der Waals surface area contributed by atoms with Gasteiger partial charge in [-0.05, 0) is 42.5 Å². The Morgan fingerprint density at radius 2 is 1.67 bits per heavy atom. The molecule has 1 heterocycles. The number of rotatable bonds is 3. The molecule has 0 saturated heterocycles. The molecule has 0 spiro atoms. The molecule has 0 amide bonds. The maximum Gasteiger partial charge on any atom is 0.432 e. The molecule has 0 atom stereocenters. The number of aromatic amines is 1. The molecule has 0 unspecified atom stereocenters. The van der Waals surface area contributed by atoms with Gasteiger partial charge >= 0.3 is 6.18 Å². The van der Waals surface area contributed by atoms with Gasteiger partial charge in [0.15, 0.2) is 0 Å². The van der Waals surface area contributed by atoms with Crippen molar-refractivity contribution in [1.82, 2.24) is 10.2 Å². The highest BCUT2D eigenvalue weighted by Gasteiger charge is 2.33. The van der Waals surface area contributed by atoms with E-state index in [0.29, 0.717) is 16.5 Å². The number of H-pyrrole nitrogens is 1. The Bertz CT molecular complexity index is 861. The zero-order valence-electron chi connectivity index (χ0n) is 11.9. The molecule has 0 aliphatic carbocycles. The van der Waals surface area contributed by atoms with Gasteiger partial charge in [-0.15, -0.1) is 0 Å². The number of nitrogens with one attached hydrogen (secondary N) is 1. The van der Waals surface area contributed by atoms with Crippen molar-refractivity contribution in [2.45, 2.75) is 6.18 Å². The van der Waals surface area contributed by atoms with Crippen molar-refractivity contribution < 1.29 is 23.0 Å². The number of aromatic nitrogens is 2. The number of phenolic OH excluding ortho intramolecular Hbond substituents is 1. The molecule has 0 aliphatic heterocycles. The van der Waals surface area contributed by atoms with Gasteiger partial charge in [-0.2, -0.15) is 18.3 Å². The molecule has 0 aliphatic rings.